The summed E-state index contributed by atoms with van der Waals surface area (Å²) in [5, 5.41) is 0. The van der Waals surface area contributed by atoms with Gasteiger partial charge in [-0.1, -0.05) is 6.07 Å². The van der Waals surface area contributed by atoms with Crippen molar-refractivity contribution in [2.75, 3.05) is 39.5 Å². The molecule has 0 bridgehead atoms. The van der Waals surface area contributed by atoms with Gasteiger partial charge in [0.05, 0.1) is 5.92 Å². The lowest BCUT2D eigenvalue weighted by atomic mass is 9.95. The fourth-order valence-electron chi connectivity index (χ4n) is 4.49. The van der Waals surface area contributed by atoms with Crippen molar-refractivity contribution in [1.82, 2.24) is 14.7 Å². The SMILES string of the molecule is O=C(C1CCC(=O)N(C2CC2)C1)N1CCN(Cc2ccc3c(c2)OCO3)CC1. The zero-order chi connectivity index (χ0) is 19.1. The number of benzene rings is 1. The summed E-state index contributed by atoms with van der Waals surface area (Å²) >= 11 is 0. The number of fused-ring (bicyclic) bond motifs is 1. The molecule has 1 unspecified atom stereocenters. The summed E-state index contributed by atoms with van der Waals surface area (Å²) in [7, 11) is 0. The third-order valence-electron chi connectivity index (χ3n) is 6.31. The molecule has 5 rings (SSSR count). The lowest BCUT2D eigenvalue weighted by molar-refractivity contribution is -0.144. The van der Waals surface area contributed by atoms with Crippen molar-refractivity contribution < 1.29 is 19.1 Å². The highest BCUT2D eigenvalue weighted by Gasteiger charge is 2.40. The molecular formula is C21H27N3O4. The Kier molecular flexibility index (Phi) is 4.62. The smallest absolute Gasteiger partial charge is 0.231 e. The number of nitrogens with zero attached hydrogens (tertiary/aromatic N) is 3. The van der Waals surface area contributed by atoms with E-state index in [9.17, 15) is 9.59 Å². The molecule has 3 fully saturated rings. The first-order valence-corrected chi connectivity index (χ1v) is 10.4. The van der Waals surface area contributed by atoms with Gasteiger partial charge in [0.2, 0.25) is 18.6 Å². The molecule has 7 heteroatoms. The maximum absolute atomic E-state index is 13.0. The van der Waals surface area contributed by atoms with Crippen LogP contribution in [0.25, 0.3) is 0 Å². The molecule has 1 aromatic rings. The Labute approximate surface area is 165 Å². The Hall–Kier alpha value is -2.28. The number of ether oxygens (including phenoxy) is 2. The summed E-state index contributed by atoms with van der Waals surface area (Å²) in [5.74, 6) is 2.09. The van der Waals surface area contributed by atoms with E-state index in [1.54, 1.807) is 0 Å². The van der Waals surface area contributed by atoms with Gasteiger partial charge in [-0.3, -0.25) is 14.5 Å². The van der Waals surface area contributed by atoms with Crippen LogP contribution in [0.15, 0.2) is 18.2 Å². The quantitative estimate of drug-likeness (QED) is 0.785. The van der Waals surface area contributed by atoms with Gasteiger partial charge in [-0.2, -0.15) is 0 Å². The van der Waals surface area contributed by atoms with E-state index in [4.69, 9.17) is 9.47 Å². The van der Waals surface area contributed by atoms with Crippen molar-refractivity contribution in [3.63, 3.8) is 0 Å². The first-order valence-electron chi connectivity index (χ1n) is 10.4. The molecule has 150 valence electrons. The van der Waals surface area contributed by atoms with Crippen LogP contribution in [0.3, 0.4) is 0 Å². The van der Waals surface area contributed by atoms with Gasteiger partial charge >= 0.3 is 0 Å². The van der Waals surface area contributed by atoms with Crippen LogP contribution in [0.1, 0.15) is 31.2 Å². The van der Waals surface area contributed by atoms with Crippen molar-refractivity contribution in [3.05, 3.63) is 23.8 Å². The van der Waals surface area contributed by atoms with Crippen LogP contribution in [0.4, 0.5) is 0 Å². The molecule has 3 heterocycles. The highest BCUT2D eigenvalue weighted by atomic mass is 16.7. The predicted octanol–water partition coefficient (Wildman–Crippen LogP) is 1.46. The van der Waals surface area contributed by atoms with Gasteiger partial charge in [0.1, 0.15) is 0 Å². The van der Waals surface area contributed by atoms with Crippen molar-refractivity contribution in [3.8, 4) is 11.5 Å². The number of piperidine rings is 1. The third kappa shape index (κ3) is 3.55. The Morgan fingerprint density at radius 3 is 2.61 bits per heavy atom. The Bertz CT molecular complexity index is 771. The highest BCUT2D eigenvalue weighted by molar-refractivity contribution is 5.84. The number of rotatable bonds is 4. The summed E-state index contributed by atoms with van der Waals surface area (Å²) in [6.45, 7) is 5.04. The monoisotopic (exact) mass is 385 g/mol. The van der Waals surface area contributed by atoms with Gasteiger partial charge in [-0.25, -0.2) is 0 Å². The van der Waals surface area contributed by atoms with Gasteiger partial charge in [0.15, 0.2) is 11.5 Å². The zero-order valence-electron chi connectivity index (χ0n) is 16.1. The number of likely N-dealkylation sites (tertiary alicyclic amines) is 1. The molecular weight excluding hydrogens is 358 g/mol. The Morgan fingerprint density at radius 2 is 1.82 bits per heavy atom. The summed E-state index contributed by atoms with van der Waals surface area (Å²) < 4.78 is 10.8. The first kappa shape index (κ1) is 17.8. The minimum atomic E-state index is -0.0151. The largest absolute Gasteiger partial charge is 0.454 e. The normalized spacial score (nSPS) is 25.3. The standard InChI is InChI=1S/C21H27N3O4/c25-20-6-2-16(13-24(20)17-3-4-17)21(26)23-9-7-22(8-10-23)12-15-1-5-18-19(11-15)28-14-27-18/h1,5,11,16-17H,2-4,6-10,12-14H2. The number of hydrogen-bond acceptors (Lipinski definition) is 5. The summed E-state index contributed by atoms with van der Waals surface area (Å²) in [6.07, 6.45) is 3.44. The van der Waals surface area contributed by atoms with Crippen molar-refractivity contribution in [1.29, 1.82) is 0 Å². The van der Waals surface area contributed by atoms with Crippen molar-refractivity contribution in [2.24, 2.45) is 5.92 Å². The van der Waals surface area contributed by atoms with E-state index in [-0.39, 0.29) is 17.7 Å². The molecule has 1 aromatic carbocycles. The maximum Gasteiger partial charge on any atom is 0.231 e. The Morgan fingerprint density at radius 1 is 1.04 bits per heavy atom. The van der Waals surface area contributed by atoms with Gasteiger partial charge in [-0.05, 0) is 37.0 Å². The average Bonchev–Trinajstić information content (AvgIpc) is 3.45. The highest BCUT2D eigenvalue weighted by Crippen LogP contribution is 2.34. The van der Waals surface area contributed by atoms with Crippen molar-refractivity contribution >= 4 is 11.8 Å². The lowest BCUT2D eigenvalue weighted by Crippen LogP contribution is -2.53. The van der Waals surface area contributed by atoms with Crippen LogP contribution >= 0.6 is 0 Å². The molecule has 0 spiro atoms. The topological polar surface area (TPSA) is 62.3 Å². The summed E-state index contributed by atoms with van der Waals surface area (Å²) in [4.78, 5) is 31.4. The lowest BCUT2D eigenvalue weighted by Gasteiger charge is -2.39. The fourth-order valence-corrected chi connectivity index (χ4v) is 4.49. The molecule has 1 aliphatic carbocycles. The van der Waals surface area contributed by atoms with Crippen LogP contribution in [0.2, 0.25) is 0 Å². The molecule has 0 N–H and O–H groups in total. The molecule has 0 radical (unpaired) electrons. The van der Waals surface area contributed by atoms with Crippen molar-refractivity contribution in [2.45, 2.75) is 38.3 Å². The van der Waals surface area contributed by atoms with Crippen LogP contribution in [0.5, 0.6) is 11.5 Å². The number of piperazine rings is 1. The number of carbonyl (C=O) groups is 2. The van der Waals surface area contributed by atoms with E-state index in [2.05, 4.69) is 11.0 Å². The van der Waals surface area contributed by atoms with E-state index in [0.717, 1.165) is 57.1 Å². The average molecular weight is 385 g/mol. The second kappa shape index (κ2) is 7.28. The molecule has 2 amide bonds. The zero-order valence-corrected chi connectivity index (χ0v) is 16.1. The van der Waals surface area contributed by atoms with Gasteiger partial charge in [0.25, 0.3) is 0 Å². The van der Waals surface area contributed by atoms with E-state index in [1.807, 2.05) is 21.9 Å². The van der Waals surface area contributed by atoms with Crippen LogP contribution in [-0.4, -0.2) is 72.1 Å². The van der Waals surface area contributed by atoms with Gasteiger partial charge in [-0.15, -0.1) is 0 Å². The fraction of sp³-hybridized carbons (Fsp3) is 0.619. The maximum atomic E-state index is 13.0. The number of amides is 2. The molecule has 1 atom stereocenters. The van der Waals surface area contributed by atoms with Crippen LogP contribution in [0, 0.1) is 5.92 Å². The van der Waals surface area contributed by atoms with E-state index in [1.165, 1.54) is 5.56 Å². The van der Waals surface area contributed by atoms with Gasteiger partial charge < -0.3 is 19.3 Å². The minimum absolute atomic E-state index is 0.0151. The second-order valence-electron chi connectivity index (χ2n) is 8.30. The summed E-state index contributed by atoms with van der Waals surface area (Å²) in [5.41, 5.74) is 1.20. The molecule has 4 aliphatic rings. The first-order chi connectivity index (χ1) is 13.7. The van der Waals surface area contributed by atoms with E-state index < -0.39 is 0 Å². The molecule has 0 aromatic heterocycles. The Balaban J connectivity index is 1.13. The third-order valence-corrected chi connectivity index (χ3v) is 6.31. The summed E-state index contributed by atoms with van der Waals surface area (Å²) in [6, 6.07) is 6.50. The number of hydrogen-bond donors (Lipinski definition) is 0. The van der Waals surface area contributed by atoms with Crippen LogP contribution < -0.4 is 9.47 Å². The number of carbonyl (C=O) groups excluding carboxylic acids is 2. The molecule has 3 aliphatic heterocycles. The van der Waals surface area contributed by atoms with E-state index in [0.29, 0.717) is 32.2 Å². The predicted molar refractivity (Wildman–Crippen MR) is 102 cm³/mol. The second-order valence-corrected chi connectivity index (χ2v) is 8.30. The molecule has 7 nitrogen and oxygen atoms in total. The van der Waals surface area contributed by atoms with E-state index >= 15 is 0 Å². The van der Waals surface area contributed by atoms with Gasteiger partial charge in [0, 0.05) is 51.7 Å². The molecule has 2 saturated heterocycles. The van der Waals surface area contributed by atoms with Crippen LogP contribution in [-0.2, 0) is 16.1 Å². The molecule has 1 saturated carbocycles. The molecule has 28 heavy (non-hydrogen) atoms. The minimum Gasteiger partial charge on any atom is -0.454 e.